The fraction of sp³-hybridized carbons (Fsp3) is 0.409. The molecule has 2 aromatic rings. The van der Waals surface area contributed by atoms with Crippen molar-refractivity contribution in [1.29, 1.82) is 0 Å². The maximum absolute atomic E-state index is 12.2. The molecule has 1 N–H and O–H groups in total. The highest BCUT2D eigenvalue weighted by Crippen LogP contribution is 2.20. The van der Waals surface area contributed by atoms with E-state index in [9.17, 15) is 4.79 Å². The normalized spacial score (nSPS) is 14.8. The van der Waals surface area contributed by atoms with E-state index in [2.05, 4.69) is 34.2 Å². The fourth-order valence-electron chi connectivity index (χ4n) is 3.34. The fourth-order valence-corrected chi connectivity index (χ4v) is 3.34. The Labute approximate surface area is 161 Å². The molecule has 0 unspecified atom stereocenters. The van der Waals surface area contributed by atoms with Gasteiger partial charge < -0.3 is 15.0 Å². The molecule has 5 nitrogen and oxygen atoms in total. The van der Waals surface area contributed by atoms with Crippen LogP contribution in [0.25, 0.3) is 0 Å². The van der Waals surface area contributed by atoms with Crippen LogP contribution in [0.2, 0.25) is 0 Å². The quantitative estimate of drug-likeness (QED) is 0.817. The Bertz CT molecular complexity index is 720. The number of benzene rings is 2. The zero-order chi connectivity index (χ0) is 19.1. The summed E-state index contributed by atoms with van der Waals surface area (Å²) < 4.78 is 5.22. The van der Waals surface area contributed by atoms with Crippen LogP contribution >= 0.6 is 0 Å². The molecule has 3 rings (SSSR count). The number of aryl methyl sites for hydroxylation is 1. The van der Waals surface area contributed by atoms with Gasteiger partial charge in [0.1, 0.15) is 5.75 Å². The number of carbonyl (C=O) groups excluding carboxylic acids is 1. The summed E-state index contributed by atoms with van der Waals surface area (Å²) in [5.41, 5.74) is 3.22. The van der Waals surface area contributed by atoms with E-state index in [-0.39, 0.29) is 5.91 Å². The zero-order valence-corrected chi connectivity index (χ0v) is 16.3. The number of anilines is 1. The Hall–Kier alpha value is -2.53. The molecule has 144 valence electrons. The van der Waals surface area contributed by atoms with Gasteiger partial charge in [-0.25, -0.2) is 0 Å². The summed E-state index contributed by atoms with van der Waals surface area (Å²) in [6, 6.07) is 16.1. The van der Waals surface area contributed by atoms with Gasteiger partial charge in [-0.1, -0.05) is 19.1 Å². The van der Waals surface area contributed by atoms with Crippen molar-refractivity contribution < 1.29 is 9.53 Å². The van der Waals surface area contributed by atoms with E-state index in [1.807, 2.05) is 36.4 Å². The summed E-state index contributed by atoms with van der Waals surface area (Å²) in [6.07, 6.45) is 0.990. The average Bonchev–Trinajstić information content (AvgIpc) is 2.74. The van der Waals surface area contributed by atoms with Crippen LogP contribution in [0.4, 0.5) is 5.69 Å². The summed E-state index contributed by atoms with van der Waals surface area (Å²) in [5.74, 6) is 0.895. The van der Waals surface area contributed by atoms with Crippen molar-refractivity contribution in [3.63, 3.8) is 0 Å². The van der Waals surface area contributed by atoms with E-state index in [0.29, 0.717) is 6.54 Å². The number of nitrogens with zero attached hydrogens (tertiary/aromatic N) is 2. The van der Waals surface area contributed by atoms with Crippen molar-refractivity contribution in [1.82, 2.24) is 10.2 Å². The average molecular weight is 367 g/mol. The number of methoxy groups -OCH3 is 1. The molecule has 0 radical (unpaired) electrons. The number of rotatable bonds is 7. The predicted octanol–water partition coefficient (Wildman–Crippen LogP) is 2.81. The third kappa shape index (κ3) is 5.23. The third-order valence-electron chi connectivity index (χ3n) is 5.15. The topological polar surface area (TPSA) is 44.8 Å². The molecule has 5 heteroatoms. The highest BCUT2D eigenvalue weighted by atomic mass is 16.5. The maximum atomic E-state index is 12.2. The van der Waals surface area contributed by atoms with Gasteiger partial charge in [0.15, 0.2) is 0 Å². The van der Waals surface area contributed by atoms with E-state index < -0.39 is 0 Å². The first-order valence-electron chi connectivity index (χ1n) is 9.68. The Morgan fingerprint density at radius 1 is 1.00 bits per heavy atom. The molecular formula is C22H29N3O2. The number of piperazine rings is 1. The van der Waals surface area contributed by atoms with Gasteiger partial charge in [0.25, 0.3) is 5.91 Å². The van der Waals surface area contributed by atoms with E-state index in [1.54, 1.807) is 7.11 Å². The SMILES string of the molecule is CCc1ccc(C(=O)NCCN2CCN(c3ccc(OC)cc3)CC2)cc1. The number of ether oxygens (including phenoxy) is 1. The second-order valence-electron chi connectivity index (χ2n) is 6.83. The van der Waals surface area contributed by atoms with E-state index in [4.69, 9.17) is 4.74 Å². The van der Waals surface area contributed by atoms with Gasteiger partial charge in [0.05, 0.1) is 7.11 Å². The van der Waals surface area contributed by atoms with Gasteiger partial charge in [0.2, 0.25) is 0 Å². The van der Waals surface area contributed by atoms with Crippen molar-refractivity contribution in [2.75, 3.05) is 51.3 Å². The lowest BCUT2D eigenvalue weighted by Crippen LogP contribution is -2.48. The first-order valence-corrected chi connectivity index (χ1v) is 9.68. The second kappa shape index (κ2) is 9.42. The summed E-state index contributed by atoms with van der Waals surface area (Å²) in [5, 5.41) is 3.03. The van der Waals surface area contributed by atoms with Gasteiger partial charge in [-0.3, -0.25) is 9.69 Å². The number of nitrogens with one attached hydrogen (secondary N) is 1. The van der Waals surface area contributed by atoms with Crippen LogP contribution in [0.5, 0.6) is 5.75 Å². The molecule has 1 amide bonds. The van der Waals surface area contributed by atoms with Crippen LogP contribution in [0, 0.1) is 0 Å². The zero-order valence-electron chi connectivity index (χ0n) is 16.3. The smallest absolute Gasteiger partial charge is 0.251 e. The second-order valence-corrected chi connectivity index (χ2v) is 6.83. The monoisotopic (exact) mass is 367 g/mol. The summed E-state index contributed by atoms with van der Waals surface area (Å²) >= 11 is 0. The summed E-state index contributed by atoms with van der Waals surface area (Å²) in [6.45, 7) is 7.69. The molecule has 0 aliphatic carbocycles. The minimum Gasteiger partial charge on any atom is -0.497 e. The Kier molecular flexibility index (Phi) is 6.71. The van der Waals surface area contributed by atoms with Gasteiger partial charge in [-0.2, -0.15) is 0 Å². The van der Waals surface area contributed by atoms with Crippen LogP contribution in [0.15, 0.2) is 48.5 Å². The third-order valence-corrected chi connectivity index (χ3v) is 5.15. The molecule has 1 fully saturated rings. The summed E-state index contributed by atoms with van der Waals surface area (Å²) in [4.78, 5) is 17.0. The first kappa shape index (κ1) is 19.2. The van der Waals surface area contributed by atoms with Crippen molar-refractivity contribution >= 4 is 11.6 Å². The molecule has 1 saturated heterocycles. The minimum atomic E-state index is 0.00882. The number of hydrogen-bond acceptors (Lipinski definition) is 4. The molecular weight excluding hydrogens is 338 g/mol. The number of hydrogen-bond donors (Lipinski definition) is 1. The minimum absolute atomic E-state index is 0.00882. The standard InChI is InChI=1S/C22H29N3O2/c1-3-18-4-6-19(7-5-18)22(26)23-12-13-24-14-16-25(17-15-24)20-8-10-21(27-2)11-9-20/h4-11H,3,12-17H2,1-2H3,(H,23,26). The number of amides is 1. The lowest BCUT2D eigenvalue weighted by molar-refractivity contribution is 0.0948. The highest BCUT2D eigenvalue weighted by Gasteiger charge is 2.17. The predicted molar refractivity (Wildman–Crippen MR) is 110 cm³/mol. The Morgan fingerprint density at radius 3 is 2.26 bits per heavy atom. The Balaban J connectivity index is 1.39. The molecule has 1 aliphatic heterocycles. The van der Waals surface area contributed by atoms with Crippen LogP contribution in [-0.2, 0) is 6.42 Å². The van der Waals surface area contributed by atoms with Crippen LogP contribution < -0.4 is 15.0 Å². The molecule has 27 heavy (non-hydrogen) atoms. The molecule has 2 aromatic carbocycles. The number of carbonyl (C=O) groups is 1. The van der Waals surface area contributed by atoms with E-state index >= 15 is 0 Å². The Morgan fingerprint density at radius 2 is 1.67 bits per heavy atom. The lowest BCUT2D eigenvalue weighted by atomic mass is 10.1. The summed E-state index contributed by atoms with van der Waals surface area (Å²) in [7, 11) is 1.69. The van der Waals surface area contributed by atoms with Gasteiger partial charge in [-0.15, -0.1) is 0 Å². The highest BCUT2D eigenvalue weighted by molar-refractivity contribution is 5.94. The molecule has 0 saturated carbocycles. The van der Waals surface area contributed by atoms with Gasteiger partial charge >= 0.3 is 0 Å². The van der Waals surface area contributed by atoms with E-state index in [0.717, 1.165) is 50.5 Å². The van der Waals surface area contributed by atoms with Gasteiger partial charge in [-0.05, 0) is 48.4 Å². The van der Waals surface area contributed by atoms with Crippen molar-refractivity contribution in [2.45, 2.75) is 13.3 Å². The van der Waals surface area contributed by atoms with Crippen LogP contribution in [0.3, 0.4) is 0 Å². The van der Waals surface area contributed by atoms with Crippen molar-refractivity contribution in [2.24, 2.45) is 0 Å². The van der Waals surface area contributed by atoms with Crippen LogP contribution in [0.1, 0.15) is 22.8 Å². The molecule has 0 bridgehead atoms. The van der Waals surface area contributed by atoms with E-state index in [1.165, 1.54) is 11.3 Å². The molecule has 0 aromatic heterocycles. The molecule has 1 aliphatic rings. The molecule has 0 spiro atoms. The first-order chi connectivity index (χ1) is 13.2. The maximum Gasteiger partial charge on any atom is 0.251 e. The van der Waals surface area contributed by atoms with Crippen LogP contribution in [-0.4, -0.2) is 57.2 Å². The van der Waals surface area contributed by atoms with Crippen molar-refractivity contribution in [3.05, 3.63) is 59.7 Å². The lowest BCUT2D eigenvalue weighted by Gasteiger charge is -2.36. The molecule has 0 atom stereocenters. The van der Waals surface area contributed by atoms with Crippen molar-refractivity contribution in [3.8, 4) is 5.75 Å². The van der Waals surface area contributed by atoms with Gasteiger partial charge in [0, 0.05) is 50.5 Å². The molecule has 1 heterocycles. The largest absolute Gasteiger partial charge is 0.497 e.